The van der Waals surface area contributed by atoms with Gasteiger partial charge in [0.25, 0.3) is 0 Å². The molecule has 1 aliphatic rings. The van der Waals surface area contributed by atoms with Crippen molar-refractivity contribution < 1.29 is 14.6 Å². The number of thioether (sulfide) groups is 1. The van der Waals surface area contributed by atoms with Gasteiger partial charge in [-0.3, -0.25) is 0 Å². The van der Waals surface area contributed by atoms with Crippen LogP contribution in [0.4, 0.5) is 0 Å². The number of nitrogens with zero attached hydrogens (tertiary/aromatic N) is 1. The van der Waals surface area contributed by atoms with Crippen LogP contribution in [0.3, 0.4) is 0 Å². The number of carboxylic acids is 1. The van der Waals surface area contributed by atoms with Gasteiger partial charge in [0, 0.05) is 29.6 Å². The molecule has 0 bridgehead atoms. The van der Waals surface area contributed by atoms with Crippen LogP contribution >= 0.6 is 23.1 Å². The van der Waals surface area contributed by atoms with E-state index in [4.69, 9.17) is 9.84 Å². The van der Waals surface area contributed by atoms with E-state index in [1.54, 1.807) is 0 Å². The number of carboxylic acid groups (broad SMARTS) is 1. The summed E-state index contributed by atoms with van der Waals surface area (Å²) in [5, 5.41) is 11.4. The summed E-state index contributed by atoms with van der Waals surface area (Å²) in [6.07, 6.45) is 2.17. The molecule has 1 aromatic rings. The lowest BCUT2D eigenvalue weighted by atomic mass is 10.2. The highest BCUT2D eigenvalue weighted by molar-refractivity contribution is 7.99. The van der Waals surface area contributed by atoms with Crippen molar-refractivity contribution in [3.8, 4) is 0 Å². The highest BCUT2D eigenvalue weighted by atomic mass is 32.2. The van der Waals surface area contributed by atoms with E-state index in [9.17, 15) is 4.79 Å². The molecule has 0 aromatic carbocycles. The Morgan fingerprint density at radius 2 is 2.38 bits per heavy atom. The largest absolute Gasteiger partial charge is 0.476 e. The Morgan fingerprint density at radius 3 is 3.00 bits per heavy atom. The van der Waals surface area contributed by atoms with Crippen molar-refractivity contribution in [2.24, 2.45) is 0 Å². The lowest BCUT2D eigenvalue weighted by molar-refractivity contribution is 0.0696. The number of hydrogen-bond acceptors (Lipinski definition) is 5. The lowest BCUT2D eigenvalue weighted by Gasteiger charge is -2.20. The Bertz CT molecular complexity index is 361. The van der Waals surface area contributed by atoms with Crippen LogP contribution in [0.1, 0.15) is 28.3 Å². The molecular formula is C10H13NO3S2. The van der Waals surface area contributed by atoms with Gasteiger partial charge in [0.1, 0.15) is 0 Å². The third-order valence-corrected chi connectivity index (χ3v) is 4.65. The third kappa shape index (κ3) is 3.20. The second-order valence-electron chi connectivity index (χ2n) is 3.57. The van der Waals surface area contributed by atoms with E-state index in [0.717, 1.165) is 37.5 Å². The van der Waals surface area contributed by atoms with E-state index in [1.807, 2.05) is 17.1 Å². The molecule has 0 amide bonds. The van der Waals surface area contributed by atoms with E-state index in [2.05, 4.69) is 4.98 Å². The average molecular weight is 259 g/mol. The highest BCUT2D eigenvalue weighted by Crippen LogP contribution is 2.26. The third-order valence-electron chi connectivity index (χ3n) is 2.37. The van der Waals surface area contributed by atoms with Gasteiger partial charge in [-0.1, -0.05) is 0 Å². The molecule has 88 valence electrons. The van der Waals surface area contributed by atoms with Crippen molar-refractivity contribution in [3.05, 3.63) is 16.1 Å². The minimum Gasteiger partial charge on any atom is -0.476 e. The second-order valence-corrected chi connectivity index (χ2v) is 5.72. The molecule has 2 rings (SSSR count). The summed E-state index contributed by atoms with van der Waals surface area (Å²) in [5.41, 5.74) is 0.874. The Hall–Kier alpha value is -0.590. The number of thiazole rings is 1. The Labute approximate surface area is 102 Å². The quantitative estimate of drug-likeness (QED) is 0.898. The predicted molar refractivity (Wildman–Crippen MR) is 64.2 cm³/mol. The molecule has 16 heavy (non-hydrogen) atoms. The molecule has 0 radical (unpaired) electrons. The summed E-state index contributed by atoms with van der Waals surface area (Å²) in [6.45, 7) is 1.68. The molecule has 4 nitrogen and oxygen atoms in total. The first-order valence-electron chi connectivity index (χ1n) is 5.13. The maximum Gasteiger partial charge on any atom is 0.365 e. The predicted octanol–water partition coefficient (Wildman–Crippen LogP) is 2.25. The van der Waals surface area contributed by atoms with Crippen molar-refractivity contribution >= 4 is 29.1 Å². The molecule has 1 aliphatic heterocycles. The van der Waals surface area contributed by atoms with Gasteiger partial charge in [0.15, 0.2) is 0 Å². The van der Waals surface area contributed by atoms with Gasteiger partial charge < -0.3 is 9.84 Å². The van der Waals surface area contributed by atoms with Crippen LogP contribution in [0.25, 0.3) is 0 Å². The van der Waals surface area contributed by atoms with Gasteiger partial charge in [-0.15, -0.1) is 11.3 Å². The molecular weight excluding hydrogens is 246 g/mol. The van der Waals surface area contributed by atoms with Crippen molar-refractivity contribution in [1.82, 2.24) is 4.98 Å². The molecule has 0 unspecified atom stereocenters. The van der Waals surface area contributed by atoms with Crippen LogP contribution in [-0.2, 0) is 10.5 Å². The van der Waals surface area contributed by atoms with Crippen LogP contribution in [0.15, 0.2) is 5.38 Å². The van der Waals surface area contributed by atoms with Crippen molar-refractivity contribution in [2.45, 2.75) is 23.8 Å². The Balaban J connectivity index is 1.81. The smallest absolute Gasteiger partial charge is 0.365 e. The summed E-state index contributed by atoms with van der Waals surface area (Å²) < 4.78 is 5.28. The number of aromatic carboxylic acids is 1. The topological polar surface area (TPSA) is 59.4 Å². The SMILES string of the molecule is O=C(O)c1nc(CSC2CCOCC2)cs1. The van der Waals surface area contributed by atoms with Crippen LogP contribution in [0, 0.1) is 0 Å². The zero-order valence-corrected chi connectivity index (χ0v) is 10.4. The number of ether oxygens (including phenoxy) is 1. The first-order valence-corrected chi connectivity index (χ1v) is 7.05. The molecule has 1 fully saturated rings. The lowest BCUT2D eigenvalue weighted by Crippen LogP contribution is -2.17. The number of carbonyl (C=O) groups is 1. The average Bonchev–Trinajstić information content (AvgIpc) is 2.76. The Kier molecular flexibility index (Phi) is 4.20. The molecule has 6 heteroatoms. The Morgan fingerprint density at radius 1 is 1.62 bits per heavy atom. The second kappa shape index (κ2) is 5.65. The number of hydrogen-bond donors (Lipinski definition) is 1. The molecule has 0 spiro atoms. The summed E-state index contributed by atoms with van der Waals surface area (Å²) in [6, 6.07) is 0. The van der Waals surface area contributed by atoms with Gasteiger partial charge >= 0.3 is 5.97 Å². The minimum absolute atomic E-state index is 0.183. The van der Waals surface area contributed by atoms with E-state index in [-0.39, 0.29) is 5.01 Å². The minimum atomic E-state index is -0.938. The molecule has 1 saturated heterocycles. The number of aromatic nitrogens is 1. The van der Waals surface area contributed by atoms with E-state index in [0.29, 0.717) is 5.25 Å². The van der Waals surface area contributed by atoms with Crippen LogP contribution in [0.2, 0.25) is 0 Å². The molecule has 0 aliphatic carbocycles. The van der Waals surface area contributed by atoms with Gasteiger partial charge in [-0.05, 0) is 12.8 Å². The fraction of sp³-hybridized carbons (Fsp3) is 0.600. The maximum atomic E-state index is 10.6. The maximum absolute atomic E-state index is 10.6. The fourth-order valence-corrected chi connectivity index (χ4v) is 3.36. The van der Waals surface area contributed by atoms with Gasteiger partial charge in [-0.25, -0.2) is 9.78 Å². The van der Waals surface area contributed by atoms with Gasteiger partial charge in [0.2, 0.25) is 5.01 Å². The summed E-state index contributed by atoms with van der Waals surface area (Å²) in [7, 11) is 0. The van der Waals surface area contributed by atoms with E-state index in [1.165, 1.54) is 11.3 Å². The standard InChI is InChI=1S/C10H13NO3S2/c12-10(13)9-11-7(6-16-9)5-15-8-1-3-14-4-2-8/h6,8H,1-5H2,(H,12,13). The summed E-state index contributed by atoms with van der Waals surface area (Å²) >= 11 is 3.04. The van der Waals surface area contributed by atoms with Crippen molar-refractivity contribution in [2.75, 3.05) is 13.2 Å². The van der Waals surface area contributed by atoms with Crippen molar-refractivity contribution in [1.29, 1.82) is 0 Å². The first-order chi connectivity index (χ1) is 7.75. The van der Waals surface area contributed by atoms with Crippen LogP contribution in [-0.4, -0.2) is 34.5 Å². The van der Waals surface area contributed by atoms with Crippen LogP contribution < -0.4 is 0 Å². The monoisotopic (exact) mass is 259 g/mol. The van der Waals surface area contributed by atoms with Crippen LogP contribution in [0.5, 0.6) is 0 Å². The molecule has 1 N–H and O–H groups in total. The molecule has 2 heterocycles. The zero-order chi connectivity index (χ0) is 11.4. The summed E-state index contributed by atoms with van der Waals surface area (Å²) in [4.78, 5) is 14.7. The summed E-state index contributed by atoms with van der Waals surface area (Å²) in [5.74, 6) is -0.138. The first kappa shape index (κ1) is 11.9. The van der Waals surface area contributed by atoms with E-state index < -0.39 is 5.97 Å². The number of rotatable bonds is 4. The van der Waals surface area contributed by atoms with Crippen molar-refractivity contribution in [3.63, 3.8) is 0 Å². The van der Waals surface area contributed by atoms with Gasteiger partial charge in [-0.2, -0.15) is 11.8 Å². The fourth-order valence-electron chi connectivity index (χ4n) is 1.52. The highest BCUT2D eigenvalue weighted by Gasteiger charge is 2.15. The normalized spacial score (nSPS) is 17.5. The molecule has 1 aromatic heterocycles. The molecule has 0 saturated carbocycles. The zero-order valence-electron chi connectivity index (χ0n) is 8.72. The van der Waals surface area contributed by atoms with E-state index >= 15 is 0 Å². The molecule has 0 atom stereocenters. The van der Waals surface area contributed by atoms with Gasteiger partial charge in [0.05, 0.1) is 5.69 Å².